The van der Waals surface area contributed by atoms with Gasteiger partial charge in [-0.05, 0) is 26.2 Å². The van der Waals surface area contributed by atoms with Crippen molar-refractivity contribution in [3.05, 3.63) is 34.5 Å². The second-order valence-electron chi connectivity index (χ2n) is 4.81. The number of hydrogen-bond acceptors (Lipinski definition) is 4. The van der Waals surface area contributed by atoms with E-state index in [4.69, 9.17) is 0 Å². The Hall–Kier alpha value is -1.50. The van der Waals surface area contributed by atoms with Crippen LogP contribution in [0.25, 0.3) is 10.1 Å². The lowest BCUT2D eigenvalue weighted by molar-refractivity contribution is 0.0701. The van der Waals surface area contributed by atoms with E-state index in [2.05, 4.69) is 5.32 Å². The van der Waals surface area contributed by atoms with E-state index in [9.17, 15) is 14.3 Å². The van der Waals surface area contributed by atoms with Crippen LogP contribution in [0.4, 0.5) is 4.39 Å². The minimum atomic E-state index is -1.00. The van der Waals surface area contributed by atoms with E-state index in [0.717, 1.165) is 24.4 Å². The number of likely N-dealkylation sites (N-methyl/N-ethyl adjacent to an activating group) is 1. The van der Waals surface area contributed by atoms with Crippen LogP contribution in [0, 0.1) is 5.82 Å². The summed E-state index contributed by atoms with van der Waals surface area (Å²) in [5, 5.41) is 12.8. The van der Waals surface area contributed by atoms with Crippen molar-refractivity contribution in [3.8, 4) is 0 Å². The fraction of sp³-hybridized carbons (Fsp3) is 0.357. The Balaban J connectivity index is 2.29. The summed E-state index contributed by atoms with van der Waals surface area (Å²) in [6, 6.07) is 4.71. The summed E-state index contributed by atoms with van der Waals surface area (Å²) in [5.41, 5.74) is 0.536. The van der Waals surface area contributed by atoms with Crippen molar-refractivity contribution < 1.29 is 14.3 Å². The second-order valence-corrected chi connectivity index (χ2v) is 5.86. The number of halogens is 1. The predicted octanol–water partition coefficient (Wildman–Crippen LogP) is 2.39. The third-order valence-corrected chi connectivity index (χ3v) is 4.18. The molecule has 2 N–H and O–H groups in total. The quantitative estimate of drug-likeness (QED) is 0.804. The molecule has 0 aliphatic rings. The first kappa shape index (κ1) is 14.9. The Morgan fingerprint density at radius 3 is 2.85 bits per heavy atom. The number of nitrogens with one attached hydrogen (secondary N) is 1. The highest BCUT2D eigenvalue weighted by Crippen LogP contribution is 2.33. The van der Waals surface area contributed by atoms with Crippen LogP contribution in [-0.2, 0) is 6.54 Å². The first-order valence-electron chi connectivity index (χ1n) is 6.29. The molecule has 0 aliphatic heterocycles. The van der Waals surface area contributed by atoms with Gasteiger partial charge < -0.3 is 15.3 Å². The van der Waals surface area contributed by atoms with Crippen LogP contribution in [0.5, 0.6) is 0 Å². The number of carboxylic acid groups (broad SMARTS) is 1. The molecule has 0 atom stereocenters. The van der Waals surface area contributed by atoms with Crippen molar-refractivity contribution >= 4 is 27.4 Å². The van der Waals surface area contributed by atoms with Crippen molar-refractivity contribution in [2.75, 3.05) is 27.2 Å². The molecule has 2 aromatic rings. The summed E-state index contributed by atoms with van der Waals surface area (Å²) in [6.45, 7) is 1.92. The van der Waals surface area contributed by atoms with Gasteiger partial charge in [0.15, 0.2) is 0 Å². The van der Waals surface area contributed by atoms with E-state index in [-0.39, 0.29) is 10.7 Å². The van der Waals surface area contributed by atoms with Gasteiger partial charge in [-0.3, -0.25) is 0 Å². The molecule has 0 unspecified atom stereocenters. The van der Waals surface area contributed by atoms with Gasteiger partial charge in [0.2, 0.25) is 0 Å². The van der Waals surface area contributed by atoms with E-state index in [1.54, 1.807) is 12.1 Å². The third kappa shape index (κ3) is 3.15. The molecule has 0 radical (unpaired) electrons. The van der Waals surface area contributed by atoms with E-state index >= 15 is 0 Å². The maximum atomic E-state index is 13.9. The molecule has 1 heterocycles. The average Bonchev–Trinajstić information content (AvgIpc) is 2.75. The highest BCUT2D eigenvalue weighted by molar-refractivity contribution is 7.21. The molecule has 0 amide bonds. The largest absolute Gasteiger partial charge is 0.477 e. The van der Waals surface area contributed by atoms with Crippen LogP contribution in [0.15, 0.2) is 18.2 Å². The molecule has 108 valence electrons. The maximum absolute atomic E-state index is 13.9. The van der Waals surface area contributed by atoms with Gasteiger partial charge >= 0.3 is 5.97 Å². The standard InChI is InChI=1S/C14H17FN2O2S/c1-17(2)7-6-16-8-9-12-10(15)4-3-5-11(12)20-13(9)14(18)19/h3-5,16H,6-8H2,1-2H3,(H,18,19). The van der Waals surface area contributed by atoms with Crippen LogP contribution >= 0.6 is 11.3 Å². The van der Waals surface area contributed by atoms with Gasteiger partial charge in [0.05, 0.1) is 0 Å². The van der Waals surface area contributed by atoms with Gasteiger partial charge in [-0.1, -0.05) is 6.07 Å². The average molecular weight is 296 g/mol. The molecule has 0 bridgehead atoms. The Morgan fingerprint density at radius 2 is 2.20 bits per heavy atom. The Kier molecular flexibility index (Phi) is 4.69. The van der Waals surface area contributed by atoms with Gasteiger partial charge in [0.1, 0.15) is 10.7 Å². The molecule has 1 aromatic carbocycles. The number of benzene rings is 1. The van der Waals surface area contributed by atoms with E-state index < -0.39 is 5.97 Å². The number of aromatic carboxylic acids is 1. The van der Waals surface area contributed by atoms with Crippen molar-refractivity contribution in [1.82, 2.24) is 10.2 Å². The summed E-state index contributed by atoms with van der Waals surface area (Å²) in [4.78, 5) is 13.5. The van der Waals surface area contributed by atoms with Crippen LogP contribution in [0.2, 0.25) is 0 Å². The molecule has 1 aromatic heterocycles. The smallest absolute Gasteiger partial charge is 0.346 e. The number of thiophene rings is 1. The zero-order valence-corrected chi connectivity index (χ0v) is 12.3. The molecule has 2 rings (SSSR count). The summed E-state index contributed by atoms with van der Waals surface area (Å²) in [6.07, 6.45) is 0. The van der Waals surface area contributed by atoms with Crippen molar-refractivity contribution in [2.45, 2.75) is 6.54 Å². The first-order valence-corrected chi connectivity index (χ1v) is 7.11. The zero-order valence-electron chi connectivity index (χ0n) is 11.4. The number of carboxylic acids is 1. The van der Waals surface area contributed by atoms with Gasteiger partial charge in [-0.2, -0.15) is 0 Å². The van der Waals surface area contributed by atoms with E-state index in [1.165, 1.54) is 6.07 Å². The van der Waals surface area contributed by atoms with Gasteiger partial charge in [-0.25, -0.2) is 9.18 Å². The van der Waals surface area contributed by atoms with Crippen LogP contribution in [0.1, 0.15) is 15.2 Å². The summed E-state index contributed by atoms with van der Waals surface area (Å²) in [7, 11) is 3.92. The van der Waals surface area contributed by atoms with Crippen molar-refractivity contribution in [3.63, 3.8) is 0 Å². The van der Waals surface area contributed by atoms with Crippen LogP contribution in [-0.4, -0.2) is 43.2 Å². The minimum absolute atomic E-state index is 0.211. The van der Waals surface area contributed by atoms with Gasteiger partial charge in [0, 0.05) is 35.3 Å². The van der Waals surface area contributed by atoms with Gasteiger partial charge in [0.25, 0.3) is 0 Å². The van der Waals surface area contributed by atoms with Crippen LogP contribution in [0.3, 0.4) is 0 Å². The SMILES string of the molecule is CN(C)CCNCc1c(C(=O)O)sc2cccc(F)c12. The lowest BCUT2D eigenvalue weighted by Crippen LogP contribution is -2.26. The molecule has 20 heavy (non-hydrogen) atoms. The number of rotatable bonds is 6. The fourth-order valence-electron chi connectivity index (χ4n) is 2.02. The van der Waals surface area contributed by atoms with Crippen LogP contribution < -0.4 is 5.32 Å². The molecule has 6 heteroatoms. The Morgan fingerprint density at radius 1 is 1.45 bits per heavy atom. The number of nitrogens with zero attached hydrogens (tertiary/aromatic N) is 1. The normalized spacial score (nSPS) is 11.4. The van der Waals surface area contributed by atoms with Gasteiger partial charge in [-0.15, -0.1) is 11.3 Å². The van der Waals surface area contributed by atoms with Crippen molar-refractivity contribution in [1.29, 1.82) is 0 Å². The maximum Gasteiger partial charge on any atom is 0.346 e. The highest BCUT2D eigenvalue weighted by atomic mass is 32.1. The number of hydrogen-bond donors (Lipinski definition) is 2. The van der Waals surface area contributed by atoms with E-state index in [0.29, 0.717) is 22.2 Å². The Labute approximate surface area is 120 Å². The molecule has 0 aliphatic carbocycles. The molecule has 0 saturated heterocycles. The second kappa shape index (κ2) is 6.30. The van der Waals surface area contributed by atoms with E-state index in [1.807, 2.05) is 19.0 Å². The lowest BCUT2D eigenvalue weighted by Gasteiger charge is -2.10. The molecular weight excluding hydrogens is 279 g/mol. The predicted molar refractivity (Wildman–Crippen MR) is 79.0 cm³/mol. The summed E-state index contributed by atoms with van der Waals surface area (Å²) >= 11 is 1.12. The summed E-state index contributed by atoms with van der Waals surface area (Å²) < 4.78 is 14.6. The third-order valence-electron chi connectivity index (χ3n) is 3.00. The highest BCUT2D eigenvalue weighted by Gasteiger charge is 2.19. The number of carbonyl (C=O) groups is 1. The number of fused-ring (bicyclic) bond motifs is 1. The monoisotopic (exact) mass is 296 g/mol. The zero-order chi connectivity index (χ0) is 14.7. The lowest BCUT2D eigenvalue weighted by atomic mass is 10.1. The topological polar surface area (TPSA) is 52.6 Å². The molecule has 0 fully saturated rings. The molecule has 0 spiro atoms. The minimum Gasteiger partial charge on any atom is -0.477 e. The van der Waals surface area contributed by atoms with Crippen molar-refractivity contribution in [2.24, 2.45) is 0 Å². The first-order chi connectivity index (χ1) is 9.50. The molecule has 4 nitrogen and oxygen atoms in total. The summed E-state index contributed by atoms with van der Waals surface area (Å²) in [5.74, 6) is -1.37. The Bertz CT molecular complexity index is 625. The molecule has 0 saturated carbocycles. The molecular formula is C14H17FN2O2S. The fourth-order valence-corrected chi connectivity index (χ4v) is 3.10.